The number of aryl methyl sites for hydroxylation is 1. The molecule has 0 fully saturated rings. The van der Waals surface area contributed by atoms with Crippen LogP contribution in [0.25, 0.3) is 11.6 Å². The molecule has 1 aromatic heterocycles. The van der Waals surface area contributed by atoms with Crippen molar-refractivity contribution in [3.63, 3.8) is 0 Å². The Labute approximate surface area is 138 Å². The van der Waals surface area contributed by atoms with Crippen LogP contribution in [0.5, 0.6) is 0 Å². The number of aromatic amines is 1. The van der Waals surface area contributed by atoms with Crippen LogP contribution in [0.4, 0.5) is 10.1 Å². The number of carbonyl (C=O) groups excluding carboxylic acids is 1. The number of aliphatic hydroxyl groups excluding tert-OH is 1. The maximum atomic E-state index is 14.3. The lowest BCUT2D eigenvalue weighted by atomic mass is 9.99. The number of benzene rings is 1. The molecule has 3 N–H and O–H groups in total. The highest BCUT2D eigenvalue weighted by Crippen LogP contribution is 2.36. The maximum absolute atomic E-state index is 14.3. The molecule has 24 heavy (non-hydrogen) atoms. The number of amides is 1. The van der Waals surface area contributed by atoms with E-state index in [4.69, 9.17) is 0 Å². The number of aromatic nitrogens is 2. The second-order valence-corrected chi connectivity index (χ2v) is 5.62. The van der Waals surface area contributed by atoms with Crippen LogP contribution in [0.15, 0.2) is 18.5 Å². The number of fused-ring (bicyclic) bond motifs is 1. The quantitative estimate of drug-likeness (QED) is 0.586. The SMILES string of the molecule is Cc1[nH]cnc1C=C1C(=O)Nc2ccc(F)c(C#CCC(C)O)c21. The molecular formula is C18H16FN3O2. The first-order valence-electron chi connectivity index (χ1n) is 7.50. The number of carbonyl (C=O) groups is 1. The summed E-state index contributed by atoms with van der Waals surface area (Å²) in [5.41, 5.74) is 2.83. The highest BCUT2D eigenvalue weighted by molar-refractivity contribution is 6.35. The number of halogens is 1. The average molecular weight is 325 g/mol. The fourth-order valence-electron chi connectivity index (χ4n) is 2.46. The molecule has 0 spiro atoms. The van der Waals surface area contributed by atoms with Gasteiger partial charge in [0.2, 0.25) is 0 Å². The number of imidazole rings is 1. The predicted octanol–water partition coefficient (Wildman–Crippen LogP) is 2.47. The Balaban J connectivity index is 2.13. The van der Waals surface area contributed by atoms with Gasteiger partial charge in [-0.15, -0.1) is 0 Å². The smallest absolute Gasteiger partial charge is 0.256 e. The van der Waals surface area contributed by atoms with Crippen LogP contribution in [-0.4, -0.2) is 27.1 Å². The summed E-state index contributed by atoms with van der Waals surface area (Å²) in [6, 6.07) is 2.79. The van der Waals surface area contributed by atoms with Gasteiger partial charge in [-0.25, -0.2) is 9.37 Å². The van der Waals surface area contributed by atoms with Gasteiger partial charge in [-0.2, -0.15) is 0 Å². The maximum Gasteiger partial charge on any atom is 0.256 e. The van der Waals surface area contributed by atoms with E-state index in [9.17, 15) is 14.3 Å². The van der Waals surface area contributed by atoms with Gasteiger partial charge in [0.1, 0.15) is 5.82 Å². The fraction of sp³-hybridized carbons (Fsp3) is 0.222. The van der Waals surface area contributed by atoms with E-state index in [1.54, 1.807) is 13.0 Å². The third-order valence-corrected chi connectivity index (χ3v) is 3.68. The molecule has 1 aromatic carbocycles. The zero-order valence-electron chi connectivity index (χ0n) is 13.3. The van der Waals surface area contributed by atoms with E-state index in [0.717, 1.165) is 5.69 Å². The molecule has 3 rings (SSSR count). The molecule has 1 aliphatic heterocycles. The first-order chi connectivity index (χ1) is 11.5. The number of anilines is 1. The predicted molar refractivity (Wildman–Crippen MR) is 89.4 cm³/mol. The lowest BCUT2D eigenvalue weighted by molar-refractivity contribution is -0.110. The van der Waals surface area contributed by atoms with Crippen LogP contribution >= 0.6 is 0 Å². The average Bonchev–Trinajstić information content (AvgIpc) is 3.06. The minimum Gasteiger partial charge on any atom is -0.392 e. The summed E-state index contributed by atoms with van der Waals surface area (Å²) >= 11 is 0. The van der Waals surface area contributed by atoms with Gasteiger partial charge in [0.25, 0.3) is 5.91 Å². The monoisotopic (exact) mass is 325 g/mol. The Bertz CT molecular complexity index is 901. The third kappa shape index (κ3) is 2.94. The number of aliphatic hydroxyl groups is 1. The molecular weight excluding hydrogens is 309 g/mol. The zero-order valence-corrected chi connectivity index (χ0v) is 13.3. The van der Waals surface area contributed by atoms with Crippen molar-refractivity contribution < 1.29 is 14.3 Å². The summed E-state index contributed by atoms with van der Waals surface area (Å²) in [5, 5.41) is 12.0. The van der Waals surface area contributed by atoms with E-state index < -0.39 is 11.9 Å². The van der Waals surface area contributed by atoms with Crippen LogP contribution < -0.4 is 5.32 Å². The van der Waals surface area contributed by atoms with E-state index in [1.165, 1.54) is 18.5 Å². The van der Waals surface area contributed by atoms with Crippen molar-refractivity contribution >= 4 is 23.2 Å². The Morgan fingerprint density at radius 3 is 2.92 bits per heavy atom. The molecule has 1 atom stereocenters. The molecule has 2 heterocycles. The first-order valence-corrected chi connectivity index (χ1v) is 7.50. The summed E-state index contributed by atoms with van der Waals surface area (Å²) in [4.78, 5) is 19.4. The third-order valence-electron chi connectivity index (χ3n) is 3.68. The van der Waals surface area contributed by atoms with Crippen molar-refractivity contribution in [1.82, 2.24) is 9.97 Å². The van der Waals surface area contributed by atoms with Crippen molar-refractivity contribution in [1.29, 1.82) is 0 Å². The van der Waals surface area contributed by atoms with Crippen LogP contribution in [0.1, 0.15) is 35.9 Å². The molecule has 1 aliphatic rings. The molecule has 0 radical (unpaired) electrons. The lowest BCUT2D eigenvalue weighted by Crippen LogP contribution is -2.03. The second kappa shape index (κ2) is 6.30. The molecule has 1 unspecified atom stereocenters. The van der Waals surface area contributed by atoms with E-state index >= 15 is 0 Å². The van der Waals surface area contributed by atoms with Gasteiger partial charge in [0.15, 0.2) is 0 Å². The first kappa shape index (κ1) is 16.0. The number of rotatable bonds is 2. The molecule has 0 saturated heterocycles. The largest absolute Gasteiger partial charge is 0.392 e. The van der Waals surface area contributed by atoms with Gasteiger partial charge in [-0.3, -0.25) is 4.79 Å². The Kier molecular flexibility index (Phi) is 4.19. The standard InChI is InChI=1S/C18H16FN3O2/c1-10(23)4-3-5-12-14(19)6-7-15-17(12)13(18(24)22-15)8-16-11(2)20-9-21-16/h6-10,23H,4H2,1-2H3,(H,20,21)(H,22,24). The van der Waals surface area contributed by atoms with Crippen molar-refractivity contribution in [2.75, 3.05) is 5.32 Å². The molecule has 122 valence electrons. The minimum atomic E-state index is -0.598. The lowest BCUT2D eigenvalue weighted by Gasteiger charge is -2.04. The number of hydrogen-bond acceptors (Lipinski definition) is 3. The topological polar surface area (TPSA) is 78.0 Å². The molecule has 2 aromatic rings. The number of hydrogen-bond donors (Lipinski definition) is 3. The molecule has 6 heteroatoms. The van der Waals surface area contributed by atoms with Crippen LogP contribution in [0, 0.1) is 24.6 Å². The van der Waals surface area contributed by atoms with Gasteiger partial charge in [-0.1, -0.05) is 11.8 Å². The van der Waals surface area contributed by atoms with Gasteiger partial charge in [0, 0.05) is 17.7 Å². The second-order valence-electron chi connectivity index (χ2n) is 5.62. The van der Waals surface area contributed by atoms with Gasteiger partial charge in [0.05, 0.1) is 34.9 Å². The van der Waals surface area contributed by atoms with Crippen molar-refractivity contribution in [2.45, 2.75) is 26.4 Å². The molecule has 0 bridgehead atoms. The zero-order chi connectivity index (χ0) is 17.3. The molecule has 0 aliphatic carbocycles. The Morgan fingerprint density at radius 1 is 1.46 bits per heavy atom. The number of H-pyrrole nitrogens is 1. The van der Waals surface area contributed by atoms with Gasteiger partial charge < -0.3 is 15.4 Å². The minimum absolute atomic E-state index is 0.144. The Morgan fingerprint density at radius 2 is 2.25 bits per heavy atom. The van der Waals surface area contributed by atoms with E-state index in [2.05, 4.69) is 27.1 Å². The number of nitrogens with one attached hydrogen (secondary N) is 2. The normalized spacial score (nSPS) is 15.7. The van der Waals surface area contributed by atoms with Crippen LogP contribution in [0.3, 0.4) is 0 Å². The van der Waals surface area contributed by atoms with Gasteiger partial charge in [-0.05, 0) is 32.1 Å². The van der Waals surface area contributed by atoms with Gasteiger partial charge >= 0.3 is 0 Å². The molecule has 1 amide bonds. The summed E-state index contributed by atoms with van der Waals surface area (Å²) in [7, 11) is 0. The van der Waals surface area contributed by atoms with E-state index in [-0.39, 0.29) is 17.9 Å². The highest BCUT2D eigenvalue weighted by Gasteiger charge is 2.28. The highest BCUT2D eigenvalue weighted by atomic mass is 19.1. The summed E-state index contributed by atoms with van der Waals surface area (Å²) in [5.74, 6) is 4.66. The van der Waals surface area contributed by atoms with Crippen LogP contribution in [-0.2, 0) is 4.79 Å². The number of nitrogens with zero attached hydrogens (tertiary/aromatic N) is 1. The van der Waals surface area contributed by atoms with E-state index in [0.29, 0.717) is 22.5 Å². The Hall–Kier alpha value is -2.91. The molecule has 0 saturated carbocycles. The van der Waals surface area contributed by atoms with Crippen molar-refractivity contribution in [3.05, 3.63) is 46.8 Å². The summed E-state index contributed by atoms with van der Waals surface area (Å²) < 4.78 is 14.3. The summed E-state index contributed by atoms with van der Waals surface area (Å²) in [6.07, 6.45) is 2.78. The van der Waals surface area contributed by atoms with Crippen molar-refractivity contribution in [2.24, 2.45) is 0 Å². The van der Waals surface area contributed by atoms with E-state index in [1.807, 2.05) is 6.92 Å². The summed E-state index contributed by atoms with van der Waals surface area (Å²) in [6.45, 7) is 3.44. The van der Waals surface area contributed by atoms with Crippen molar-refractivity contribution in [3.8, 4) is 11.8 Å². The van der Waals surface area contributed by atoms with Crippen LogP contribution in [0.2, 0.25) is 0 Å². The molecule has 5 nitrogen and oxygen atoms in total. The fourth-order valence-corrected chi connectivity index (χ4v) is 2.46.